The Morgan fingerprint density at radius 3 is 2.70 bits per heavy atom. The minimum absolute atomic E-state index is 0.0780. The Hall–Kier alpha value is -2.69. The zero-order chi connectivity index (χ0) is 15.1. The second-order valence-corrected chi connectivity index (χ2v) is 3.60. The zero-order valence-corrected chi connectivity index (χ0v) is 10.1. The van der Waals surface area contributed by atoms with E-state index < -0.39 is 31.3 Å². The van der Waals surface area contributed by atoms with E-state index >= 15 is 0 Å². The van der Waals surface area contributed by atoms with Crippen LogP contribution in [0.5, 0.6) is 5.75 Å². The minimum Gasteiger partial charge on any atom is -0.485 e. The fourth-order valence-corrected chi connectivity index (χ4v) is 1.31. The van der Waals surface area contributed by atoms with Crippen LogP contribution in [0.1, 0.15) is 16.8 Å². The highest BCUT2D eigenvalue weighted by Crippen LogP contribution is 2.26. The number of hydrogen-bond donors (Lipinski definition) is 2. The van der Waals surface area contributed by atoms with E-state index in [1.165, 1.54) is 0 Å². The molecule has 0 aliphatic heterocycles. The summed E-state index contributed by atoms with van der Waals surface area (Å²) in [6, 6.07) is 4.99. The average molecular weight is 284 g/mol. The molecule has 0 bridgehead atoms. The third-order valence-electron chi connectivity index (χ3n) is 2.11. The number of amides is 1. The van der Waals surface area contributed by atoms with E-state index in [4.69, 9.17) is 15.1 Å². The number of carboxylic acids is 1. The van der Waals surface area contributed by atoms with Crippen LogP contribution < -0.4 is 10.1 Å². The predicted octanol–water partition coefficient (Wildman–Crippen LogP) is 1.88. The fraction of sp³-hybridized carbons (Fsp3) is 0.250. The Morgan fingerprint density at radius 2 is 2.15 bits per heavy atom. The van der Waals surface area contributed by atoms with Crippen LogP contribution in [0.15, 0.2) is 18.2 Å². The van der Waals surface area contributed by atoms with E-state index in [9.17, 15) is 18.4 Å². The lowest BCUT2D eigenvalue weighted by molar-refractivity contribution is -0.115. The normalized spacial score (nSPS) is 9.90. The van der Waals surface area contributed by atoms with Crippen molar-refractivity contribution in [2.75, 3.05) is 11.9 Å². The molecule has 0 saturated heterocycles. The molecule has 8 heteroatoms. The molecule has 20 heavy (non-hydrogen) atoms. The van der Waals surface area contributed by atoms with Gasteiger partial charge >= 0.3 is 5.97 Å². The van der Waals surface area contributed by atoms with Crippen LogP contribution >= 0.6 is 0 Å². The monoisotopic (exact) mass is 284 g/mol. The standard InChI is InChI=1S/C12H10F2N2O4/c13-10(14)6-20-9-2-1-7(12(18)19)5-8(9)16-11(17)3-4-15/h1-2,5,10H,3,6H2,(H,16,17)(H,18,19). The third kappa shape index (κ3) is 4.53. The smallest absolute Gasteiger partial charge is 0.335 e. The first-order valence-corrected chi connectivity index (χ1v) is 5.39. The maximum Gasteiger partial charge on any atom is 0.335 e. The molecule has 0 atom stereocenters. The van der Waals surface area contributed by atoms with Gasteiger partial charge in [0.2, 0.25) is 5.91 Å². The van der Waals surface area contributed by atoms with Crippen LogP contribution in [-0.2, 0) is 4.79 Å². The van der Waals surface area contributed by atoms with Crippen LogP contribution in [0, 0.1) is 11.3 Å². The maximum absolute atomic E-state index is 12.1. The molecule has 6 nitrogen and oxygen atoms in total. The van der Waals surface area contributed by atoms with Gasteiger partial charge in [-0.15, -0.1) is 0 Å². The molecular weight excluding hydrogens is 274 g/mol. The first kappa shape index (κ1) is 15.4. The predicted molar refractivity (Wildman–Crippen MR) is 63.8 cm³/mol. The number of carboxylic acid groups (broad SMARTS) is 1. The van der Waals surface area contributed by atoms with Crippen molar-refractivity contribution < 1.29 is 28.2 Å². The first-order chi connectivity index (χ1) is 9.43. The fourth-order valence-electron chi connectivity index (χ4n) is 1.31. The Bertz CT molecular complexity index is 555. The van der Waals surface area contributed by atoms with E-state index in [0.29, 0.717) is 0 Å². The summed E-state index contributed by atoms with van der Waals surface area (Å²) in [7, 11) is 0. The molecule has 0 saturated carbocycles. The molecule has 1 aromatic rings. The second kappa shape index (κ2) is 7.04. The lowest BCUT2D eigenvalue weighted by Crippen LogP contribution is -2.14. The number of benzene rings is 1. The highest BCUT2D eigenvalue weighted by Gasteiger charge is 2.13. The van der Waals surface area contributed by atoms with Gasteiger partial charge in [-0.05, 0) is 18.2 Å². The second-order valence-electron chi connectivity index (χ2n) is 3.60. The molecule has 1 amide bonds. The number of carbonyl (C=O) groups is 2. The lowest BCUT2D eigenvalue weighted by atomic mass is 10.2. The number of halogens is 2. The molecule has 106 valence electrons. The Balaban J connectivity index is 3.00. The van der Waals surface area contributed by atoms with Gasteiger partial charge in [0.15, 0.2) is 0 Å². The van der Waals surface area contributed by atoms with Crippen LogP contribution in [0.2, 0.25) is 0 Å². The van der Waals surface area contributed by atoms with Crippen LogP contribution in [0.3, 0.4) is 0 Å². The maximum atomic E-state index is 12.1. The largest absolute Gasteiger partial charge is 0.485 e. The number of carbonyl (C=O) groups excluding carboxylic acids is 1. The molecule has 0 aromatic heterocycles. The van der Waals surface area contributed by atoms with E-state index in [1.54, 1.807) is 6.07 Å². The van der Waals surface area contributed by atoms with Gasteiger partial charge in [0.25, 0.3) is 6.43 Å². The van der Waals surface area contributed by atoms with Crippen LogP contribution in [0.4, 0.5) is 14.5 Å². The summed E-state index contributed by atoms with van der Waals surface area (Å²) in [6.07, 6.45) is -3.16. The first-order valence-electron chi connectivity index (χ1n) is 5.39. The molecular formula is C12H10F2N2O4. The number of anilines is 1. The van der Waals surface area contributed by atoms with Crippen molar-refractivity contribution in [2.45, 2.75) is 12.8 Å². The average Bonchev–Trinajstić information content (AvgIpc) is 2.37. The van der Waals surface area contributed by atoms with Crippen molar-refractivity contribution >= 4 is 17.6 Å². The van der Waals surface area contributed by atoms with Gasteiger partial charge in [0, 0.05) is 0 Å². The molecule has 1 aromatic carbocycles. The summed E-state index contributed by atoms with van der Waals surface area (Å²) >= 11 is 0. The molecule has 0 spiro atoms. The molecule has 0 aliphatic carbocycles. The molecule has 0 unspecified atom stereocenters. The minimum atomic E-state index is -2.71. The van der Waals surface area contributed by atoms with E-state index in [1.807, 2.05) is 0 Å². The van der Waals surface area contributed by atoms with Crippen molar-refractivity contribution in [1.29, 1.82) is 5.26 Å². The van der Waals surface area contributed by atoms with Crippen molar-refractivity contribution in [3.63, 3.8) is 0 Å². The highest BCUT2D eigenvalue weighted by atomic mass is 19.3. The molecule has 0 radical (unpaired) electrons. The number of rotatable bonds is 6. The topological polar surface area (TPSA) is 99.4 Å². The van der Waals surface area contributed by atoms with Crippen LogP contribution in [0.25, 0.3) is 0 Å². The van der Waals surface area contributed by atoms with Gasteiger partial charge in [-0.3, -0.25) is 4.79 Å². The number of nitriles is 1. The summed E-state index contributed by atoms with van der Waals surface area (Å²) in [5.41, 5.74) is -0.229. The number of nitrogens with one attached hydrogen (secondary N) is 1. The summed E-state index contributed by atoms with van der Waals surface area (Å²) in [4.78, 5) is 22.1. The van der Waals surface area contributed by atoms with Gasteiger partial charge in [-0.2, -0.15) is 5.26 Å². The number of hydrogen-bond acceptors (Lipinski definition) is 4. The van der Waals surface area contributed by atoms with Crippen molar-refractivity contribution in [3.05, 3.63) is 23.8 Å². The van der Waals surface area contributed by atoms with Crippen molar-refractivity contribution in [2.24, 2.45) is 0 Å². The highest BCUT2D eigenvalue weighted by molar-refractivity contribution is 5.96. The summed E-state index contributed by atoms with van der Waals surface area (Å²) in [5.74, 6) is -2.04. The zero-order valence-electron chi connectivity index (χ0n) is 10.1. The van der Waals surface area contributed by atoms with Gasteiger partial charge < -0.3 is 15.2 Å². The van der Waals surface area contributed by atoms with Gasteiger partial charge in [-0.1, -0.05) is 0 Å². The van der Waals surface area contributed by atoms with Crippen molar-refractivity contribution in [1.82, 2.24) is 0 Å². The van der Waals surface area contributed by atoms with Gasteiger partial charge in [0.05, 0.1) is 17.3 Å². The van der Waals surface area contributed by atoms with E-state index in [2.05, 4.69) is 5.32 Å². The lowest BCUT2D eigenvalue weighted by Gasteiger charge is -2.12. The van der Waals surface area contributed by atoms with Crippen LogP contribution in [-0.4, -0.2) is 30.0 Å². The molecule has 0 aliphatic rings. The molecule has 1 rings (SSSR count). The Morgan fingerprint density at radius 1 is 1.45 bits per heavy atom. The van der Waals surface area contributed by atoms with Gasteiger partial charge in [0.1, 0.15) is 18.8 Å². The van der Waals surface area contributed by atoms with E-state index in [0.717, 1.165) is 18.2 Å². The molecule has 0 fully saturated rings. The Labute approximate surface area is 112 Å². The number of alkyl halides is 2. The molecule has 2 N–H and O–H groups in total. The van der Waals surface area contributed by atoms with Crippen molar-refractivity contribution in [3.8, 4) is 11.8 Å². The number of ether oxygens (including phenoxy) is 1. The third-order valence-corrected chi connectivity index (χ3v) is 2.11. The van der Waals surface area contributed by atoms with Gasteiger partial charge in [-0.25, -0.2) is 13.6 Å². The quantitative estimate of drug-likeness (QED) is 0.830. The summed E-state index contributed by atoms with van der Waals surface area (Å²) in [5, 5.41) is 19.4. The number of nitrogens with zero attached hydrogens (tertiary/aromatic N) is 1. The SMILES string of the molecule is N#CCC(=O)Nc1cc(C(=O)O)ccc1OCC(F)F. The number of aromatic carboxylic acids is 1. The molecule has 0 heterocycles. The Kier molecular flexibility index (Phi) is 5.41. The van der Waals surface area contributed by atoms with E-state index in [-0.39, 0.29) is 17.0 Å². The summed E-state index contributed by atoms with van der Waals surface area (Å²) < 4.78 is 29.0. The summed E-state index contributed by atoms with van der Waals surface area (Å²) in [6.45, 7) is -0.895.